The minimum Gasteiger partial charge on any atom is -0.395 e. The molecule has 1 aromatic heterocycles. The predicted molar refractivity (Wildman–Crippen MR) is 74.5 cm³/mol. The van der Waals surface area contributed by atoms with Crippen molar-refractivity contribution in [1.82, 2.24) is 9.80 Å². The number of ether oxygens (including phenoxy) is 1. The number of likely N-dealkylation sites (N-methyl/N-ethyl adjacent to an activating group) is 1. The highest BCUT2D eigenvalue weighted by molar-refractivity contribution is 7.12. The first-order chi connectivity index (χ1) is 9.22. The summed E-state index contributed by atoms with van der Waals surface area (Å²) in [6.45, 7) is 3.25. The van der Waals surface area contributed by atoms with Gasteiger partial charge in [0.2, 0.25) is 0 Å². The highest BCUT2D eigenvalue weighted by Gasteiger charge is 2.29. The lowest BCUT2D eigenvalue weighted by molar-refractivity contribution is -0.0107. The second kappa shape index (κ2) is 7.00. The van der Waals surface area contributed by atoms with Crippen molar-refractivity contribution in [2.24, 2.45) is 0 Å². The Hall–Kier alpha value is -0.950. The van der Waals surface area contributed by atoms with Crippen LogP contribution < -0.4 is 0 Å². The van der Waals surface area contributed by atoms with Crippen LogP contribution in [0.2, 0.25) is 0 Å². The molecule has 1 N–H and O–H groups in total. The van der Waals surface area contributed by atoms with Gasteiger partial charge in [0.25, 0.3) is 5.91 Å². The number of thiophene rings is 1. The average molecular weight is 284 g/mol. The number of amides is 1. The van der Waals surface area contributed by atoms with Crippen LogP contribution in [0.15, 0.2) is 17.5 Å². The number of morpholine rings is 1. The van der Waals surface area contributed by atoms with Crippen LogP contribution in [0.3, 0.4) is 0 Å². The fourth-order valence-electron chi connectivity index (χ4n) is 2.24. The van der Waals surface area contributed by atoms with Gasteiger partial charge in [-0.3, -0.25) is 4.79 Å². The molecule has 0 bridgehead atoms. The fraction of sp³-hybridized carbons (Fsp3) is 0.615. The Balaban J connectivity index is 2.01. The third kappa shape index (κ3) is 3.76. The molecule has 1 fully saturated rings. The number of carbonyl (C=O) groups excluding carboxylic acids is 1. The summed E-state index contributed by atoms with van der Waals surface area (Å²) in [5.74, 6) is 0.0840. The van der Waals surface area contributed by atoms with E-state index in [1.54, 1.807) is 0 Å². The Kier molecular flexibility index (Phi) is 5.33. The monoisotopic (exact) mass is 284 g/mol. The Morgan fingerprint density at radius 3 is 3.21 bits per heavy atom. The zero-order valence-electron chi connectivity index (χ0n) is 11.1. The molecule has 2 heterocycles. The van der Waals surface area contributed by atoms with Gasteiger partial charge in [-0.15, -0.1) is 11.3 Å². The van der Waals surface area contributed by atoms with E-state index in [0.29, 0.717) is 26.3 Å². The van der Waals surface area contributed by atoms with Crippen molar-refractivity contribution >= 4 is 17.2 Å². The van der Waals surface area contributed by atoms with Crippen molar-refractivity contribution in [2.75, 3.05) is 46.5 Å². The van der Waals surface area contributed by atoms with Crippen molar-refractivity contribution in [3.63, 3.8) is 0 Å². The molecular weight excluding hydrogens is 264 g/mol. The Morgan fingerprint density at radius 2 is 2.53 bits per heavy atom. The molecule has 2 rings (SSSR count). The largest absolute Gasteiger partial charge is 0.395 e. The summed E-state index contributed by atoms with van der Waals surface area (Å²) >= 11 is 1.47. The van der Waals surface area contributed by atoms with E-state index in [1.165, 1.54) is 11.3 Å². The number of nitrogens with zero attached hydrogens (tertiary/aromatic N) is 2. The molecule has 0 saturated carbocycles. The van der Waals surface area contributed by atoms with Gasteiger partial charge in [-0.05, 0) is 18.5 Å². The first kappa shape index (κ1) is 14.5. The molecule has 5 nitrogen and oxygen atoms in total. The number of aliphatic hydroxyl groups excluding tert-OH is 1. The summed E-state index contributed by atoms with van der Waals surface area (Å²) in [6.07, 6.45) is 0. The summed E-state index contributed by atoms with van der Waals surface area (Å²) in [4.78, 5) is 17.1. The van der Waals surface area contributed by atoms with Crippen LogP contribution in [0.5, 0.6) is 0 Å². The van der Waals surface area contributed by atoms with Crippen molar-refractivity contribution < 1.29 is 14.6 Å². The molecule has 1 aliphatic heterocycles. The third-order valence-corrected chi connectivity index (χ3v) is 4.08. The fourth-order valence-corrected chi connectivity index (χ4v) is 2.92. The van der Waals surface area contributed by atoms with Crippen LogP contribution in [0.4, 0.5) is 0 Å². The SMILES string of the molecule is CN(CCO)CC1COCCN1C(=O)c1cccs1. The van der Waals surface area contributed by atoms with Gasteiger partial charge >= 0.3 is 0 Å². The maximum Gasteiger partial charge on any atom is 0.264 e. The molecule has 0 radical (unpaired) electrons. The van der Waals surface area contributed by atoms with E-state index in [-0.39, 0.29) is 18.6 Å². The van der Waals surface area contributed by atoms with Gasteiger partial charge in [0.05, 0.1) is 30.7 Å². The summed E-state index contributed by atoms with van der Waals surface area (Å²) in [6, 6.07) is 3.81. The second-order valence-corrected chi connectivity index (χ2v) is 5.64. The van der Waals surface area contributed by atoms with Crippen LogP contribution in [0, 0.1) is 0 Å². The molecule has 106 valence electrons. The third-order valence-electron chi connectivity index (χ3n) is 3.22. The topological polar surface area (TPSA) is 53.0 Å². The maximum absolute atomic E-state index is 12.4. The Bertz CT molecular complexity index is 397. The smallest absolute Gasteiger partial charge is 0.264 e. The van der Waals surface area contributed by atoms with Crippen LogP contribution in [-0.2, 0) is 4.74 Å². The van der Waals surface area contributed by atoms with Gasteiger partial charge in [-0.25, -0.2) is 0 Å². The van der Waals surface area contributed by atoms with E-state index in [1.807, 2.05) is 34.4 Å². The van der Waals surface area contributed by atoms with E-state index in [0.717, 1.165) is 11.4 Å². The normalized spacial score (nSPS) is 19.9. The van der Waals surface area contributed by atoms with Crippen LogP contribution >= 0.6 is 11.3 Å². The maximum atomic E-state index is 12.4. The molecule has 1 atom stereocenters. The lowest BCUT2D eigenvalue weighted by Gasteiger charge is -2.37. The van der Waals surface area contributed by atoms with Crippen molar-refractivity contribution in [2.45, 2.75) is 6.04 Å². The molecule has 0 aliphatic carbocycles. The van der Waals surface area contributed by atoms with E-state index < -0.39 is 0 Å². The molecule has 6 heteroatoms. The van der Waals surface area contributed by atoms with E-state index in [4.69, 9.17) is 9.84 Å². The molecular formula is C13H20N2O3S. The Labute approximate surface area is 117 Å². The number of aliphatic hydroxyl groups is 1. The van der Waals surface area contributed by atoms with Crippen LogP contribution in [0.25, 0.3) is 0 Å². The minimum absolute atomic E-state index is 0.0555. The first-order valence-corrected chi connectivity index (χ1v) is 7.32. The van der Waals surface area contributed by atoms with Crippen molar-refractivity contribution in [3.05, 3.63) is 22.4 Å². The highest BCUT2D eigenvalue weighted by Crippen LogP contribution is 2.17. The Morgan fingerprint density at radius 1 is 1.68 bits per heavy atom. The molecule has 1 amide bonds. The van der Waals surface area contributed by atoms with Gasteiger partial charge in [0, 0.05) is 19.6 Å². The van der Waals surface area contributed by atoms with Gasteiger partial charge < -0.3 is 19.6 Å². The zero-order valence-corrected chi connectivity index (χ0v) is 11.9. The molecule has 1 aliphatic rings. The van der Waals surface area contributed by atoms with Crippen LogP contribution in [-0.4, -0.2) is 73.4 Å². The standard InChI is InChI=1S/C13H20N2O3S/c1-14(4-6-16)9-11-10-18-7-5-15(11)13(17)12-3-2-8-19-12/h2-3,8,11,16H,4-7,9-10H2,1H3. The van der Waals surface area contributed by atoms with Crippen LogP contribution in [0.1, 0.15) is 9.67 Å². The average Bonchev–Trinajstić information content (AvgIpc) is 2.93. The van der Waals surface area contributed by atoms with Gasteiger partial charge in [-0.1, -0.05) is 6.07 Å². The summed E-state index contributed by atoms with van der Waals surface area (Å²) in [5.41, 5.74) is 0. The summed E-state index contributed by atoms with van der Waals surface area (Å²) in [7, 11) is 1.94. The minimum atomic E-state index is 0.0555. The number of carbonyl (C=O) groups is 1. The van der Waals surface area contributed by atoms with Gasteiger partial charge in [0.15, 0.2) is 0 Å². The quantitative estimate of drug-likeness (QED) is 0.856. The number of hydrogen-bond donors (Lipinski definition) is 1. The molecule has 0 aromatic carbocycles. The van der Waals surface area contributed by atoms with E-state index in [2.05, 4.69) is 0 Å². The molecule has 1 saturated heterocycles. The molecule has 1 aromatic rings. The van der Waals surface area contributed by atoms with Crippen molar-refractivity contribution in [3.8, 4) is 0 Å². The van der Waals surface area contributed by atoms with E-state index >= 15 is 0 Å². The highest BCUT2D eigenvalue weighted by atomic mass is 32.1. The zero-order chi connectivity index (χ0) is 13.7. The summed E-state index contributed by atoms with van der Waals surface area (Å²) < 4.78 is 5.48. The molecule has 1 unspecified atom stereocenters. The summed E-state index contributed by atoms with van der Waals surface area (Å²) in [5, 5.41) is 10.9. The van der Waals surface area contributed by atoms with Gasteiger partial charge in [-0.2, -0.15) is 0 Å². The van der Waals surface area contributed by atoms with Gasteiger partial charge in [0.1, 0.15) is 0 Å². The lowest BCUT2D eigenvalue weighted by atomic mass is 10.2. The molecule has 19 heavy (non-hydrogen) atoms. The van der Waals surface area contributed by atoms with Crippen molar-refractivity contribution in [1.29, 1.82) is 0 Å². The number of hydrogen-bond acceptors (Lipinski definition) is 5. The molecule has 0 spiro atoms. The first-order valence-electron chi connectivity index (χ1n) is 6.44. The predicted octanol–water partition coefficient (Wildman–Crippen LogP) is 0.513. The van der Waals surface area contributed by atoms with E-state index in [9.17, 15) is 4.79 Å². The number of rotatable bonds is 5. The second-order valence-electron chi connectivity index (χ2n) is 4.69. The lowest BCUT2D eigenvalue weighted by Crippen LogP contribution is -2.53.